The minimum Gasteiger partial charge on any atom is -0.414 e. The Bertz CT molecular complexity index is 2270. The van der Waals surface area contributed by atoms with E-state index in [2.05, 4.69) is 98.3 Å². The van der Waals surface area contributed by atoms with Crippen molar-refractivity contribution in [3.05, 3.63) is 70.8 Å². The van der Waals surface area contributed by atoms with Crippen molar-refractivity contribution in [2.45, 2.75) is 153 Å². The molecule has 3 aliphatic heterocycles. The van der Waals surface area contributed by atoms with Crippen LogP contribution in [0.25, 0.3) is 11.2 Å². The average molecular weight is 878 g/mol. The number of benzene rings is 1. The first-order chi connectivity index (χ1) is 28.4. The number of nitrogens with one attached hydrogen (secondary N) is 2. The molecule has 0 bridgehead atoms. The van der Waals surface area contributed by atoms with Crippen molar-refractivity contribution in [2.24, 2.45) is 0 Å². The number of amides is 1. The quantitative estimate of drug-likeness (QED) is 0.130. The zero-order chi connectivity index (χ0) is 44.3. The van der Waals surface area contributed by atoms with E-state index in [9.17, 15) is 9.59 Å². The second-order valence-electron chi connectivity index (χ2n) is 19.8. The lowest BCUT2D eigenvalue weighted by Crippen LogP contribution is -2.48. The molecule has 3 fully saturated rings. The predicted molar refractivity (Wildman–Crippen MR) is 236 cm³/mol. The number of hydrogen-bond donors (Lipinski definition) is 3. The number of nitrogens with two attached hydrogens (primary N) is 1. The van der Waals surface area contributed by atoms with E-state index in [4.69, 9.17) is 33.5 Å². The monoisotopic (exact) mass is 877 g/mol. The molecule has 0 aliphatic carbocycles. The summed E-state index contributed by atoms with van der Waals surface area (Å²) in [6, 6.07) is 8.88. The summed E-state index contributed by atoms with van der Waals surface area (Å²) in [6.07, 6.45) is 1.89. The average Bonchev–Trinajstić information content (AvgIpc) is 3.93. The normalized spacial score (nSPS) is 25.6. The smallest absolute Gasteiger partial charge is 0.351 e. The van der Waals surface area contributed by atoms with Crippen molar-refractivity contribution in [1.82, 2.24) is 34.4 Å². The highest BCUT2D eigenvalue weighted by atomic mass is 28.4. The topological polar surface area (TPSA) is 201 Å². The number of hydrogen-bond acceptors (Lipinski definition) is 14. The van der Waals surface area contributed by atoms with Gasteiger partial charge in [0.1, 0.15) is 42.8 Å². The molecule has 6 heterocycles. The lowest BCUT2D eigenvalue weighted by atomic mass is 10.1. The molecule has 1 amide bonds. The molecule has 4 N–H and O–H groups in total. The Hall–Kier alpha value is -3.93. The van der Waals surface area contributed by atoms with E-state index in [1.54, 1.807) is 41.4 Å². The fourth-order valence-electron chi connectivity index (χ4n) is 7.37. The summed E-state index contributed by atoms with van der Waals surface area (Å²) in [4.78, 5) is 44.0. The van der Waals surface area contributed by atoms with Crippen LogP contribution in [-0.4, -0.2) is 101 Å². The maximum absolute atomic E-state index is 13.5. The van der Waals surface area contributed by atoms with Gasteiger partial charge in [-0.05, 0) is 62.2 Å². The number of rotatable bonds is 13. The number of aromatic nitrogens is 6. The summed E-state index contributed by atoms with van der Waals surface area (Å²) in [5.74, 6) is -0.785. The van der Waals surface area contributed by atoms with Gasteiger partial charge in [0.2, 0.25) is 0 Å². The number of nitrogens with zero attached hydrogens (tertiary/aromatic N) is 6. The highest BCUT2D eigenvalue weighted by molar-refractivity contribution is 6.74. The fourth-order valence-corrected chi connectivity index (χ4v) is 9.74. The van der Waals surface area contributed by atoms with E-state index in [1.165, 1.54) is 10.9 Å². The van der Waals surface area contributed by atoms with Gasteiger partial charge in [0.15, 0.2) is 45.6 Å². The standard InChI is InChI=1S/C42H63N9O8Si2/c1-40(2,3)60(9,10)54-22-29-27(59-61(11,12)41(4,5)6)18-30(55-29)50-21-26(34(43)48-39(50)53)19-44-20-28-32-33(58-42(7,8)57-32)38(56-28)51-24-47-31-35(45-23-46-36(31)51)49-37(52)25-16-14-13-15-17-25/h13-17,21,23-24,27-30,32-33,38,44H,18-20,22H2,1-12H3,(H2,43,48,53)(H,45,46,49,52)/t27-,28+,29+,30+,32+,33+,38+/m0/s1. The highest BCUT2D eigenvalue weighted by Gasteiger charge is 2.56. The van der Waals surface area contributed by atoms with E-state index in [1.807, 2.05) is 19.9 Å². The third-order valence-electron chi connectivity index (χ3n) is 12.9. The third-order valence-corrected chi connectivity index (χ3v) is 21.9. The van der Waals surface area contributed by atoms with Crippen LogP contribution in [0.4, 0.5) is 11.6 Å². The van der Waals surface area contributed by atoms with Gasteiger partial charge in [-0.25, -0.2) is 19.7 Å². The molecule has 19 heteroatoms. The van der Waals surface area contributed by atoms with Crippen LogP contribution >= 0.6 is 0 Å². The van der Waals surface area contributed by atoms with Crippen LogP contribution in [0.1, 0.15) is 90.2 Å². The fraction of sp³-hybridized carbons (Fsp3) is 0.619. The van der Waals surface area contributed by atoms with Crippen LogP contribution in [-0.2, 0) is 34.3 Å². The Morgan fingerprint density at radius 3 is 2.31 bits per heavy atom. The van der Waals surface area contributed by atoms with Gasteiger partial charge in [-0.3, -0.25) is 13.9 Å². The minimum atomic E-state index is -2.21. The Morgan fingerprint density at radius 1 is 0.934 bits per heavy atom. The van der Waals surface area contributed by atoms with Crippen LogP contribution in [0.15, 0.2) is 54.0 Å². The molecule has 7 atom stereocenters. The van der Waals surface area contributed by atoms with Crippen molar-refractivity contribution >= 4 is 45.3 Å². The SMILES string of the molecule is CC1(C)O[C@@H]2[C@H](O1)[C@@H](CNCc1cn([C@H]3C[C@H](O[Si](C)(C)C(C)(C)C)[C@@H](CO[Si](C)(C)C(C)(C)C)O3)c(=O)nc1N)O[C@H]2n1cnc2c(NC(=O)c3ccccc3)ncnc21. The van der Waals surface area contributed by atoms with Crippen molar-refractivity contribution in [2.75, 3.05) is 24.2 Å². The van der Waals surface area contributed by atoms with Gasteiger partial charge in [0, 0.05) is 36.8 Å². The number of carbonyl (C=O) groups is 1. The molecule has 61 heavy (non-hydrogen) atoms. The van der Waals surface area contributed by atoms with E-state index in [0.717, 1.165) is 0 Å². The molecule has 0 radical (unpaired) electrons. The molecule has 0 unspecified atom stereocenters. The van der Waals surface area contributed by atoms with E-state index in [-0.39, 0.29) is 46.4 Å². The van der Waals surface area contributed by atoms with Crippen LogP contribution < -0.4 is 22.1 Å². The van der Waals surface area contributed by atoms with Crippen LogP contribution in [0.3, 0.4) is 0 Å². The van der Waals surface area contributed by atoms with E-state index in [0.29, 0.717) is 41.9 Å². The van der Waals surface area contributed by atoms with Crippen molar-refractivity contribution in [3.63, 3.8) is 0 Å². The van der Waals surface area contributed by atoms with Crippen LogP contribution in [0.2, 0.25) is 36.3 Å². The summed E-state index contributed by atoms with van der Waals surface area (Å²) in [5.41, 5.74) is 7.87. The molecule has 0 saturated carbocycles. The number of imidazole rings is 1. The molecule has 3 saturated heterocycles. The second kappa shape index (κ2) is 16.6. The number of fused-ring (bicyclic) bond motifs is 2. The maximum Gasteiger partial charge on any atom is 0.351 e. The maximum atomic E-state index is 13.5. The lowest BCUT2D eigenvalue weighted by molar-refractivity contribution is -0.195. The Morgan fingerprint density at radius 2 is 1.62 bits per heavy atom. The molecule has 4 aromatic rings. The van der Waals surface area contributed by atoms with Crippen molar-refractivity contribution in [1.29, 1.82) is 0 Å². The summed E-state index contributed by atoms with van der Waals surface area (Å²) in [7, 11) is -4.31. The summed E-state index contributed by atoms with van der Waals surface area (Å²) >= 11 is 0. The first-order valence-corrected chi connectivity index (χ1v) is 26.9. The molecule has 7 rings (SSSR count). The van der Waals surface area contributed by atoms with Gasteiger partial charge in [-0.1, -0.05) is 59.7 Å². The largest absolute Gasteiger partial charge is 0.414 e. The lowest BCUT2D eigenvalue weighted by Gasteiger charge is -2.40. The molecular weight excluding hydrogens is 815 g/mol. The zero-order valence-electron chi connectivity index (χ0n) is 37.5. The van der Waals surface area contributed by atoms with Crippen molar-refractivity contribution < 1.29 is 32.6 Å². The third kappa shape index (κ3) is 9.40. The predicted octanol–water partition coefficient (Wildman–Crippen LogP) is 6.12. The molecular formula is C42H63N9O8Si2. The van der Waals surface area contributed by atoms with Crippen LogP contribution in [0, 0.1) is 0 Å². The van der Waals surface area contributed by atoms with Gasteiger partial charge < -0.3 is 44.2 Å². The van der Waals surface area contributed by atoms with Crippen LogP contribution in [0.5, 0.6) is 0 Å². The van der Waals surface area contributed by atoms with Gasteiger partial charge in [0.05, 0.1) is 19.0 Å². The number of ether oxygens (including phenoxy) is 4. The number of nitrogen functional groups attached to an aromatic ring is 1. The molecule has 3 aromatic heterocycles. The van der Waals surface area contributed by atoms with Gasteiger partial charge >= 0.3 is 5.69 Å². The van der Waals surface area contributed by atoms with Gasteiger partial charge in [-0.2, -0.15) is 4.98 Å². The van der Waals surface area contributed by atoms with Crippen molar-refractivity contribution in [3.8, 4) is 0 Å². The second-order valence-corrected chi connectivity index (χ2v) is 29.4. The van der Waals surface area contributed by atoms with Gasteiger partial charge in [0.25, 0.3) is 5.91 Å². The summed E-state index contributed by atoms with van der Waals surface area (Å²) in [6.45, 7) is 26.9. The number of anilines is 2. The molecule has 0 spiro atoms. The molecule has 1 aromatic carbocycles. The minimum absolute atomic E-state index is 0.0188. The molecule has 17 nitrogen and oxygen atoms in total. The van der Waals surface area contributed by atoms with E-state index >= 15 is 0 Å². The van der Waals surface area contributed by atoms with Gasteiger partial charge in [-0.15, -0.1) is 0 Å². The number of carbonyl (C=O) groups excluding carboxylic acids is 1. The Balaban J connectivity index is 1.06. The first kappa shape index (κ1) is 45.1. The Kier molecular flexibility index (Phi) is 12.3. The summed E-state index contributed by atoms with van der Waals surface area (Å²) in [5, 5.41) is 6.32. The summed E-state index contributed by atoms with van der Waals surface area (Å²) < 4.78 is 43.0. The zero-order valence-corrected chi connectivity index (χ0v) is 39.5. The molecule has 3 aliphatic rings. The first-order valence-electron chi connectivity index (χ1n) is 21.1. The molecule has 332 valence electrons. The highest BCUT2D eigenvalue weighted by Crippen LogP contribution is 2.45. The Labute approximate surface area is 359 Å². The van der Waals surface area contributed by atoms with E-state index < -0.39 is 58.9 Å².